The summed E-state index contributed by atoms with van der Waals surface area (Å²) in [6.45, 7) is 0.641. The maximum absolute atomic E-state index is 11.9. The second kappa shape index (κ2) is 5.65. The van der Waals surface area contributed by atoms with Gasteiger partial charge in [0.25, 0.3) is 5.91 Å². The van der Waals surface area contributed by atoms with E-state index in [1.165, 1.54) is 0 Å². The Balaban J connectivity index is 1.77. The lowest BCUT2D eigenvalue weighted by Crippen LogP contribution is -2.31. The van der Waals surface area contributed by atoms with Gasteiger partial charge in [0.2, 0.25) is 0 Å². The zero-order valence-electron chi connectivity index (χ0n) is 12.6. The zero-order valence-corrected chi connectivity index (χ0v) is 13.4. The lowest BCUT2D eigenvalue weighted by Gasteiger charge is -2.10. The first-order chi connectivity index (χ1) is 11.6. The topological polar surface area (TPSA) is 96.7 Å². The number of hydrogen-bond acceptors (Lipinski definition) is 4. The number of halogens is 1. The number of H-pyrrole nitrogens is 1. The largest absolute Gasteiger partial charge is 0.398 e. The number of nitrogens with one attached hydrogen (secondary N) is 2. The van der Waals surface area contributed by atoms with E-state index in [2.05, 4.69) is 20.3 Å². The molecule has 1 aliphatic rings. The van der Waals surface area contributed by atoms with Crippen molar-refractivity contribution in [3.63, 3.8) is 0 Å². The van der Waals surface area contributed by atoms with Gasteiger partial charge in [-0.3, -0.25) is 4.79 Å². The highest BCUT2D eigenvalue weighted by molar-refractivity contribution is 6.31. The highest BCUT2D eigenvalue weighted by Gasteiger charge is 2.20. The van der Waals surface area contributed by atoms with Crippen molar-refractivity contribution < 1.29 is 4.79 Å². The average Bonchev–Trinajstić information content (AvgIpc) is 3.01. The van der Waals surface area contributed by atoms with E-state index in [-0.39, 0.29) is 5.91 Å². The van der Waals surface area contributed by atoms with Crippen LogP contribution in [0.3, 0.4) is 0 Å². The van der Waals surface area contributed by atoms with Crippen LogP contribution in [0.15, 0.2) is 36.5 Å². The molecule has 2 aromatic heterocycles. The van der Waals surface area contributed by atoms with E-state index in [1.54, 1.807) is 30.5 Å². The van der Waals surface area contributed by atoms with Gasteiger partial charge in [-0.15, -0.1) is 0 Å². The molecule has 4 N–H and O–H groups in total. The Morgan fingerprint density at radius 2 is 2.04 bits per heavy atom. The lowest BCUT2D eigenvalue weighted by atomic mass is 10.1. The van der Waals surface area contributed by atoms with Gasteiger partial charge in [0, 0.05) is 41.1 Å². The third-order valence-corrected chi connectivity index (χ3v) is 4.23. The molecule has 0 radical (unpaired) electrons. The van der Waals surface area contributed by atoms with Crippen molar-refractivity contribution in [3.8, 4) is 22.8 Å². The van der Waals surface area contributed by atoms with Crippen LogP contribution in [0.4, 0.5) is 5.69 Å². The highest BCUT2D eigenvalue weighted by atomic mass is 35.5. The van der Waals surface area contributed by atoms with Gasteiger partial charge in [-0.1, -0.05) is 11.6 Å². The van der Waals surface area contributed by atoms with E-state index in [1.807, 2.05) is 6.07 Å². The van der Waals surface area contributed by atoms with E-state index < -0.39 is 0 Å². The van der Waals surface area contributed by atoms with Gasteiger partial charge >= 0.3 is 0 Å². The molecular formula is C17H14ClN5O. The van der Waals surface area contributed by atoms with E-state index in [0.717, 1.165) is 23.4 Å². The smallest absolute Gasteiger partial charge is 0.253 e. The molecule has 3 heterocycles. The Morgan fingerprint density at radius 3 is 2.83 bits per heavy atom. The van der Waals surface area contributed by atoms with Gasteiger partial charge < -0.3 is 16.0 Å². The molecule has 0 bridgehead atoms. The summed E-state index contributed by atoms with van der Waals surface area (Å²) in [5.41, 5.74) is 10.3. The van der Waals surface area contributed by atoms with Gasteiger partial charge in [-0.2, -0.15) is 0 Å². The molecule has 120 valence electrons. The maximum Gasteiger partial charge on any atom is 0.253 e. The molecule has 0 unspecified atom stereocenters. The Kier molecular flexibility index (Phi) is 3.46. The van der Waals surface area contributed by atoms with Crippen LogP contribution in [0.1, 0.15) is 16.1 Å². The number of benzene rings is 1. The van der Waals surface area contributed by atoms with Crippen LogP contribution in [0.25, 0.3) is 22.8 Å². The molecule has 6 nitrogen and oxygen atoms in total. The molecule has 0 saturated heterocycles. The van der Waals surface area contributed by atoms with E-state index in [0.29, 0.717) is 34.3 Å². The number of amides is 1. The Bertz CT molecular complexity index is 950. The van der Waals surface area contributed by atoms with Crippen LogP contribution in [-0.4, -0.2) is 27.4 Å². The molecule has 4 rings (SSSR count). The molecule has 1 aliphatic heterocycles. The number of nitrogen functional groups attached to an aromatic ring is 1. The van der Waals surface area contributed by atoms with Crippen LogP contribution in [0.5, 0.6) is 0 Å². The van der Waals surface area contributed by atoms with Crippen LogP contribution in [0.2, 0.25) is 5.02 Å². The number of carbonyl (C=O) groups excluding carboxylic acids is 1. The normalized spacial score (nSPS) is 13.5. The fourth-order valence-corrected chi connectivity index (χ4v) is 2.99. The van der Waals surface area contributed by atoms with Crippen LogP contribution in [0, 0.1) is 0 Å². The van der Waals surface area contributed by atoms with Crippen LogP contribution < -0.4 is 11.1 Å². The van der Waals surface area contributed by atoms with E-state index in [4.69, 9.17) is 17.3 Å². The van der Waals surface area contributed by atoms with Gasteiger partial charge in [0.1, 0.15) is 0 Å². The number of fused-ring (bicyclic) bond motifs is 1. The summed E-state index contributed by atoms with van der Waals surface area (Å²) in [5, 5.41) is 3.40. The minimum Gasteiger partial charge on any atom is -0.398 e. The van der Waals surface area contributed by atoms with Crippen molar-refractivity contribution in [2.45, 2.75) is 6.42 Å². The summed E-state index contributed by atoms with van der Waals surface area (Å²) in [6, 6.07) is 8.83. The summed E-state index contributed by atoms with van der Waals surface area (Å²) in [7, 11) is 0. The van der Waals surface area contributed by atoms with Gasteiger partial charge in [-0.25, -0.2) is 9.97 Å². The molecule has 0 aliphatic carbocycles. The van der Waals surface area contributed by atoms with Gasteiger partial charge in [0.05, 0.1) is 17.0 Å². The number of nitrogens with two attached hydrogens (primary N) is 1. The third kappa shape index (κ3) is 2.51. The average molecular weight is 340 g/mol. The number of nitrogens with zero attached hydrogens (tertiary/aromatic N) is 2. The van der Waals surface area contributed by atoms with Gasteiger partial charge in [-0.05, 0) is 30.3 Å². The molecule has 1 aromatic carbocycles. The summed E-state index contributed by atoms with van der Waals surface area (Å²) < 4.78 is 0. The molecule has 0 spiro atoms. The van der Waals surface area contributed by atoms with Crippen LogP contribution in [-0.2, 0) is 6.42 Å². The number of carbonyl (C=O) groups is 1. The molecule has 1 amide bonds. The van der Waals surface area contributed by atoms with Crippen molar-refractivity contribution in [2.24, 2.45) is 0 Å². The summed E-state index contributed by atoms with van der Waals surface area (Å²) in [4.78, 5) is 24.1. The predicted octanol–water partition coefficient (Wildman–Crippen LogP) is 2.66. The second-order valence-corrected chi connectivity index (χ2v) is 6.01. The monoisotopic (exact) mass is 339 g/mol. The molecule has 0 fully saturated rings. The number of aromatic nitrogens is 3. The molecule has 0 atom stereocenters. The summed E-state index contributed by atoms with van der Waals surface area (Å²) >= 11 is 5.94. The number of anilines is 1. The fraction of sp³-hybridized carbons (Fsp3) is 0.118. The van der Waals surface area contributed by atoms with Crippen LogP contribution >= 0.6 is 11.6 Å². The highest BCUT2D eigenvalue weighted by Crippen LogP contribution is 2.28. The standard InChI is InChI=1S/C17H14ClN5O/c18-9-1-2-10(12(19)7-9)16-20-5-4-14(23-16)15-8-11-13(22-15)3-6-21-17(11)24/h1-2,4-5,7-8,22H,3,6,19H2,(H,21,24). The van der Waals surface area contributed by atoms with Crippen molar-refractivity contribution >= 4 is 23.2 Å². The first-order valence-electron chi connectivity index (χ1n) is 7.51. The molecule has 7 heteroatoms. The molecule has 0 saturated carbocycles. The summed E-state index contributed by atoms with van der Waals surface area (Å²) in [5.74, 6) is 0.452. The van der Waals surface area contributed by atoms with Crippen molar-refractivity contribution in [2.75, 3.05) is 12.3 Å². The van der Waals surface area contributed by atoms with E-state index >= 15 is 0 Å². The number of hydrogen-bond donors (Lipinski definition) is 3. The lowest BCUT2D eigenvalue weighted by molar-refractivity contribution is 0.0946. The third-order valence-electron chi connectivity index (χ3n) is 3.99. The second-order valence-electron chi connectivity index (χ2n) is 5.58. The number of aromatic amines is 1. The number of rotatable bonds is 2. The SMILES string of the molecule is Nc1cc(Cl)ccc1-c1nccc(-c2cc3c([nH]2)CCNC3=O)n1. The maximum atomic E-state index is 11.9. The quantitative estimate of drug-likeness (QED) is 0.625. The molecular weight excluding hydrogens is 326 g/mol. The van der Waals surface area contributed by atoms with Gasteiger partial charge in [0.15, 0.2) is 5.82 Å². The molecule has 3 aromatic rings. The van der Waals surface area contributed by atoms with Crippen molar-refractivity contribution in [3.05, 3.63) is 52.8 Å². The first kappa shape index (κ1) is 14.7. The first-order valence-corrected chi connectivity index (χ1v) is 7.88. The minimum atomic E-state index is -0.0602. The van der Waals surface area contributed by atoms with Crippen molar-refractivity contribution in [1.82, 2.24) is 20.3 Å². The molecule has 24 heavy (non-hydrogen) atoms. The summed E-state index contributed by atoms with van der Waals surface area (Å²) in [6.07, 6.45) is 2.45. The van der Waals surface area contributed by atoms with Crippen molar-refractivity contribution in [1.29, 1.82) is 0 Å². The predicted molar refractivity (Wildman–Crippen MR) is 92.7 cm³/mol. The minimum absolute atomic E-state index is 0.0602. The zero-order chi connectivity index (χ0) is 16.7. The Morgan fingerprint density at radius 1 is 1.17 bits per heavy atom. The van der Waals surface area contributed by atoms with E-state index in [9.17, 15) is 4.79 Å². The fourth-order valence-electron chi connectivity index (χ4n) is 2.81. The Hall–Kier alpha value is -2.86. The Labute approximate surface area is 143 Å².